The third-order valence-corrected chi connectivity index (χ3v) is 3.11. The molecule has 0 bridgehead atoms. The summed E-state index contributed by atoms with van der Waals surface area (Å²) in [5.41, 5.74) is -0.221. The first-order valence-electron chi connectivity index (χ1n) is 6.88. The largest absolute Gasteiger partial charge is 0.377 e. The Bertz CT molecular complexity index is 432. The van der Waals surface area contributed by atoms with Crippen LogP contribution < -0.4 is 10.6 Å². The standard InChI is InChI=1S/C13H26N6O.HI/c1-6-11-18-17-10-19(11)8-7-15-12(14-4)16-9-13(2,3)20-5;/h10H,6-9H2,1-5H3,(H2,14,15,16);1H. The normalized spacial score (nSPS) is 12.0. The van der Waals surface area contributed by atoms with Gasteiger partial charge in [-0.25, -0.2) is 0 Å². The summed E-state index contributed by atoms with van der Waals surface area (Å²) in [6, 6.07) is 0. The number of nitrogens with one attached hydrogen (secondary N) is 2. The summed E-state index contributed by atoms with van der Waals surface area (Å²) in [6.07, 6.45) is 2.64. The highest BCUT2D eigenvalue weighted by molar-refractivity contribution is 14.0. The van der Waals surface area contributed by atoms with Crippen LogP contribution in [0.5, 0.6) is 0 Å². The van der Waals surface area contributed by atoms with Gasteiger partial charge in [0.05, 0.1) is 5.60 Å². The summed E-state index contributed by atoms with van der Waals surface area (Å²) in [5, 5.41) is 14.5. The Morgan fingerprint density at radius 1 is 1.43 bits per heavy atom. The highest BCUT2D eigenvalue weighted by atomic mass is 127. The van der Waals surface area contributed by atoms with Gasteiger partial charge >= 0.3 is 0 Å². The molecule has 0 aliphatic heterocycles. The van der Waals surface area contributed by atoms with E-state index in [1.807, 2.05) is 18.4 Å². The second kappa shape index (κ2) is 9.93. The Morgan fingerprint density at radius 2 is 2.14 bits per heavy atom. The molecule has 0 aliphatic rings. The fourth-order valence-corrected chi connectivity index (χ4v) is 1.62. The molecule has 1 aromatic rings. The van der Waals surface area contributed by atoms with Crippen molar-refractivity contribution in [3.05, 3.63) is 12.2 Å². The fourth-order valence-electron chi connectivity index (χ4n) is 1.62. The summed E-state index contributed by atoms with van der Waals surface area (Å²) in [5.74, 6) is 1.76. The SMILES string of the molecule is CCc1nncn1CCNC(=NC)NCC(C)(C)OC.I. The molecule has 2 N–H and O–H groups in total. The van der Waals surface area contributed by atoms with Gasteiger partial charge in [-0.15, -0.1) is 34.2 Å². The minimum absolute atomic E-state index is 0. The minimum Gasteiger partial charge on any atom is -0.377 e. The van der Waals surface area contributed by atoms with E-state index in [4.69, 9.17) is 4.74 Å². The maximum absolute atomic E-state index is 5.36. The highest BCUT2D eigenvalue weighted by Gasteiger charge is 2.16. The van der Waals surface area contributed by atoms with Crippen molar-refractivity contribution < 1.29 is 4.74 Å². The number of rotatable bonds is 7. The van der Waals surface area contributed by atoms with Gasteiger partial charge in [0.25, 0.3) is 0 Å². The number of hydrogen-bond acceptors (Lipinski definition) is 4. The van der Waals surface area contributed by atoms with Crippen LogP contribution in [0.2, 0.25) is 0 Å². The summed E-state index contributed by atoms with van der Waals surface area (Å²) in [6.45, 7) is 8.38. The van der Waals surface area contributed by atoms with Crippen molar-refractivity contribution in [2.24, 2.45) is 4.99 Å². The monoisotopic (exact) mass is 410 g/mol. The van der Waals surface area contributed by atoms with Crippen LogP contribution in [0.25, 0.3) is 0 Å². The third kappa shape index (κ3) is 7.07. The van der Waals surface area contributed by atoms with Crippen LogP contribution in [0, 0.1) is 0 Å². The first-order valence-corrected chi connectivity index (χ1v) is 6.88. The van der Waals surface area contributed by atoms with Gasteiger partial charge in [0.15, 0.2) is 5.96 Å². The molecule has 122 valence electrons. The van der Waals surface area contributed by atoms with Crippen LogP contribution in [-0.4, -0.2) is 53.6 Å². The van der Waals surface area contributed by atoms with Gasteiger partial charge in [-0.05, 0) is 13.8 Å². The van der Waals surface area contributed by atoms with Gasteiger partial charge in [-0.3, -0.25) is 4.99 Å². The molecule has 0 spiro atoms. The lowest BCUT2D eigenvalue weighted by Gasteiger charge is -2.24. The van der Waals surface area contributed by atoms with Crippen LogP contribution in [0.15, 0.2) is 11.3 Å². The van der Waals surface area contributed by atoms with Crippen LogP contribution in [0.4, 0.5) is 0 Å². The van der Waals surface area contributed by atoms with Crippen molar-refractivity contribution in [1.29, 1.82) is 0 Å². The summed E-state index contributed by atoms with van der Waals surface area (Å²) < 4.78 is 7.40. The molecule has 0 atom stereocenters. The molecule has 0 fully saturated rings. The van der Waals surface area contributed by atoms with Gasteiger partial charge in [-0.1, -0.05) is 6.92 Å². The van der Waals surface area contributed by atoms with Crippen molar-refractivity contribution in [3.8, 4) is 0 Å². The molecule has 21 heavy (non-hydrogen) atoms. The van der Waals surface area contributed by atoms with E-state index < -0.39 is 0 Å². The zero-order valence-electron chi connectivity index (χ0n) is 13.5. The predicted octanol–water partition coefficient (Wildman–Crippen LogP) is 1.05. The van der Waals surface area contributed by atoms with Crippen LogP contribution >= 0.6 is 24.0 Å². The molecule has 7 nitrogen and oxygen atoms in total. The Hall–Kier alpha value is -0.900. The molecule has 8 heteroatoms. The van der Waals surface area contributed by atoms with Gasteiger partial charge in [0.1, 0.15) is 12.2 Å². The lowest BCUT2D eigenvalue weighted by atomic mass is 10.1. The number of aliphatic imine (C=N–C) groups is 1. The molecule has 1 rings (SSSR count). The molecule has 0 radical (unpaired) electrons. The molecule has 0 aromatic carbocycles. The highest BCUT2D eigenvalue weighted by Crippen LogP contribution is 2.04. The average Bonchev–Trinajstić information content (AvgIpc) is 2.90. The molecular formula is C13H27IN6O. The number of hydrogen-bond donors (Lipinski definition) is 2. The van der Waals surface area contributed by atoms with E-state index in [0.717, 1.165) is 31.3 Å². The molecule has 1 aromatic heterocycles. The van der Waals surface area contributed by atoms with Crippen LogP contribution in [-0.2, 0) is 17.7 Å². The van der Waals surface area contributed by atoms with Gasteiger partial charge < -0.3 is 19.9 Å². The predicted molar refractivity (Wildman–Crippen MR) is 95.3 cm³/mol. The molecule has 0 amide bonds. The lowest BCUT2D eigenvalue weighted by molar-refractivity contribution is 0.0268. The summed E-state index contributed by atoms with van der Waals surface area (Å²) in [7, 11) is 3.46. The quantitative estimate of drug-likeness (QED) is 0.399. The molecule has 0 saturated carbocycles. The molecule has 1 heterocycles. The Kier molecular flexibility index (Phi) is 9.51. The Morgan fingerprint density at radius 3 is 2.71 bits per heavy atom. The van der Waals surface area contributed by atoms with E-state index in [1.54, 1.807) is 20.5 Å². The van der Waals surface area contributed by atoms with Gasteiger partial charge in [-0.2, -0.15) is 0 Å². The second-order valence-corrected chi connectivity index (χ2v) is 5.11. The smallest absolute Gasteiger partial charge is 0.191 e. The minimum atomic E-state index is -0.221. The number of aryl methyl sites for hydroxylation is 1. The number of halogens is 1. The zero-order valence-corrected chi connectivity index (χ0v) is 15.8. The van der Waals surface area contributed by atoms with Crippen molar-refractivity contribution >= 4 is 29.9 Å². The first-order chi connectivity index (χ1) is 9.52. The molecule has 0 aliphatic carbocycles. The maximum atomic E-state index is 5.36. The van der Waals surface area contributed by atoms with Crippen molar-refractivity contribution in [2.45, 2.75) is 39.3 Å². The zero-order chi connectivity index (χ0) is 15.0. The average molecular weight is 410 g/mol. The lowest BCUT2D eigenvalue weighted by Crippen LogP contribution is -2.45. The Balaban J connectivity index is 0.00000400. The fraction of sp³-hybridized carbons (Fsp3) is 0.769. The third-order valence-electron chi connectivity index (χ3n) is 3.11. The van der Waals surface area contributed by atoms with E-state index in [9.17, 15) is 0 Å². The number of methoxy groups -OCH3 is 1. The first kappa shape index (κ1) is 20.1. The number of ether oxygens (including phenoxy) is 1. The maximum Gasteiger partial charge on any atom is 0.191 e. The number of nitrogens with zero attached hydrogens (tertiary/aromatic N) is 4. The number of aromatic nitrogens is 3. The van der Waals surface area contributed by atoms with Crippen molar-refractivity contribution in [3.63, 3.8) is 0 Å². The summed E-state index contributed by atoms with van der Waals surface area (Å²) in [4.78, 5) is 4.19. The number of guanidine groups is 1. The topological polar surface area (TPSA) is 76.4 Å². The van der Waals surface area contributed by atoms with Crippen molar-refractivity contribution in [1.82, 2.24) is 25.4 Å². The van der Waals surface area contributed by atoms with Crippen LogP contribution in [0.1, 0.15) is 26.6 Å². The Labute approximate surface area is 144 Å². The van der Waals surface area contributed by atoms with E-state index in [1.165, 1.54) is 0 Å². The molecule has 0 unspecified atom stereocenters. The van der Waals surface area contributed by atoms with E-state index >= 15 is 0 Å². The van der Waals surface area contributed by atoms with Gasteiger partial charge in [0, 0.05) is 40.2 Å². The van der Waals surface area contributed by atoms with E-state index in [2.05, 4.69) is 32.7 Å². The second-order valence-electron chi connectivity index (χ2n) is 5.11. The summed E-state index contributed by atoms with van der Waals surface area (Å²) >= 11 is 0. The molecule has 0 saturated heterocycles. The van der Waals surface area contributed by atoms with E-state index in [0.29, 0.717) is 6.54 Å². The van der Waals surface area contributed by atoms with Gasteiger partial charge in [0.2, 0.25) is 0 Å². The molecular weight excluding hydrogens is 383 g/mol. The van der Waals surface area contributed by atoms with Crippen molar-refractivity contribution in [2.75, 3.05) is 27.2 Å². The van der Waals surface area contributed by atoms with E-state index in [-0.39, 0.29) is 29.6 Å². The van der Waals surface area contributed by atoms with Crippen LogP contribution in [0.3, 0.4) is 0 Å².